The van der Waals surface area contributed by atoms with Gasteiger partial charge in [0, 0.05) is 34.7 Å². The number of ketones is 1. The van der Waals surface area contributed by atoms with Crippen LogP contribution in [0.5, 0.6) is 5.75 Å². The summed E-state index contributed by atoms with van der Waals surface area (Å²) >= 11 is 0. The van der Waals surface area contributed by atoms with Crippen LogP contribution in [-0.2, 0) is 20.7 Å². The molecule has 2 N–H and O–H groups in total. The maximum Gasteiger partial charge on any atom is 0.194 e. The number of aromatic hydroxyl groups is 1. The molecule has 0 atom stereocenters. The lowest BCUT2D eigenvalue weighted by molar-refractivity contribution is 0.103. The highest BCUT2D eigenvalue weighted by atomic mass is 32.2. The zero-order valence-corrected chi connectivity index (χ0v) is 17.2. The van der Waals surface area contributed by atoms with E-state index in [2.05, 4.69) is 4.98 Å². The lowest BCUT2D eigenvalue weighted by Crippen LogP contribution is -2.19. The van der Waals surface area contributed by atoms with E-state index in [1.807, 2.05) is 41.5 Å². The van der Waals surface area contributed by atoms with Crippen molar-refractivity contribution in [2.24, 2.45) is 0 Å². The van der Waals surface area contributed by atoms with Crippen molar-refractivity contribution >= 4 is 15.6 Å². The highest BCUT2D eigenvalue weighted by molar-refractivity contribution is 7.90. The van der Waals surface area contributed by atoms with Crippen LogP contribution in [0.25, 0.3) is 0 Å². The Morgan fingerprint density at radius 2 is 1.38 bits per heavy atom. The van der Waals surface area contributed by atoms with E-state index in [0.29, 0.717) is 16.7 Å². The molecule has 0 saturated heterocycles. The minimum atomic E-state index is -3.42. The number of nitrogens with one attached hydrogen (secondary N) is 1. The molecule has 0 radical (unpaired) electrons. The zero-order valence-electron chi connectivity index (χ0n) is 16.4. The molecule has 2 rings (SSSR count). The van der Waals surface area contributed by atoms with Gasteiger partial charge in [-0.1, -0.05) is 41.5 Å². The van der Waals surface area contributed by atoms with Crippen molar-refractivity contribution in [1.29, 1.82) is 0 Å². The fourth-order valence-corrected chi connectivity index (χ4v) is 3.41. The molecule has 0 aliphatic rings. The van der Waals surface area contributed by atoms with E-state index < -0.39 is 9.84 Å². The van der Waals surface area contributed by atoms with Crippen molar-refractivity contribution in [1.82, 2.24) is 4.98 Å². The Morgan fingerprint density at radius 1 is 0.923 bits per heavy atom. The van der Waals surface area contributed by atoms with E-state index in [4.69, 9.17) is 0 Å². The molecule has 0 bridgehead atoms. The van der Waals surface area contributed by atoms with Gasteiger partial charge in [-0.05, 0) is 29.0 Å². The monoisotopic (exact) mass is 377 g/mol. The molecule has 5 nitrogen and oxygen atoms in total. The number of H-pyrrole nitrogens is 1. The zero-order chi connectivity index (χ0) is 20.1. The number of sulfone groups is 1. The van der Waals surface area contributed by atoms with Gasteiger partial charge in [0.25, 0.3) is 0 Å². The number of carbonyl (C=O) groups is 1. The fraction of sp³-hybridized carbons (Fsp3) is 0.450. The first-order chi connectivity index (χ1) is 11.6. The Kier molecular flexibility index (Phi) is 4.88. The second kappa shape index (κ2) is 6.27. The molecule has 0 fully saturated rings. The number of benzene rings is 1. The van der Waals surface area contributed by atoms with Gasteiger partial charge in [0.1, 0.15) is 10.8 Å². The number of carbonyl (C=O) groups excluding carboxylic acids is 1. The van der Waals surface area contributed by atoms with Crippen LogP contribution in [-0.4, -0.2) is 30.5 Å². The summed E-state index contributed by atoms with van der Waals surface area (Å²) in [5.74, 6) is -0.0837. The molecule has 1 aromatic carbocycles. The molecule has 0 unspecified atom stereocenters. The minimum Gasteiger partial charge on any atom is -0.507 e. The first-order valence-electron chi connectivity index (χ1n) is 8.43. The first kappa shape index (κ1) is 20.2. The number of phenols is 1. The third kappa shape index (κ3) is 4.01. The molecule has 6 heteroatoms. The Balaban J connectivity index is 2.66. The highest BCUT2D eigenvalue weighted by Crippen LogP contribution is 2.40. The van der Waals surface area contributed by atoms with E-state index >= 15 is 0 Å². The lowest BCUT2D eigenvalue weighted by atomic mass is 9.78. The van der Waals surface area contributed by atoms with Gasteiger partial charge in [-0.3, -0.25) is 4.79 Å². The summed E-state index contributed by atoms with van der Waals surface area (Å²) in [5, 5.41) is 10.8. The van der Waals surface area contributed by atoms with Crippen LogP contribution in [0.4, 0.5) is 0 Å². The molecule has 1 heterocycles. The van der Waals surface area contributed by atoms with Crippen molar-refractivity contribution in [3.8, 4) is 5.75 Å². The largest absolute Gasteiger partial charge is 0.507 e. The third-order valence-corrected chi connectivity index (χ3v) is 5.34. The van der Waals surface area contributed by atoms with E-state index in [1.54, 1.807) is 12.1 Å². The smallest absolute Gasteiger partial charge is 0.194 e. The molecular weight excluding hydrogens is 350 g/mol. The van der Waals surface area contributed by atoms with Crippen LogP contribution < -0.4 is 0 Å². The van der Waals surface area contributed by atoms with Crippen LogP contribution >= 0.6 is 0 Å². The van der Waals surface area contributed by atoms with Crippen molar-refractivity contribution in [3.63, 3.8) is 0 Å². The molecule has 0 spiro atoms. The molecule has 0 aliphatic heterocycles. The average Bonchev–Trinajstić information content (AvgIpc) is 2.94. The Bertz CT molecular complexity index is 919. The molecule has 0 saturated carbocycles. The van der Waals surface area contributed by atoms with Crippen molar-refractivity contribution in [2.75, 3.05) is 6.26 Å². The number of rotatable bonds is 3. The minimum absolute atomic E-state index is 0.00622. The van der Waals surface area contributed by atoms with Gasteiger partial charge in [-0.2, -0.15) is 0 Å². The molecular formula is C20H27NO4S. The number of aromatic nitrogens is 1. The van der Waals surface area contributed by atoms with Crippen molar-refractivity contribution in [3.05, 3.63) is 46.6 Å². The summed E-state index contributed by atoms with van der Waals surface area (Å²) in [4.78, 5) is 15.6. The van der Waals surface area contributed by atoms with Gasteiger partial charge >= 0.3 is 0 Å². The first-order valence-corrected chi connectivity index (χ1v) is 10.3. The van der Waals surface area contributed by atoms with Gasteiger partial charge in [0.05, 0.1) is 0 Å². The molecule has 0 aliphatic carbocycles. The normalized spacial score (nSPS) is 13.0. The SMILES string of the molecule is CC(C)(C)c1cc(C(=O)c2c[nH]c(S(C)(=O)=O)c2)cc(C(C)(C)C)c1O. The van der Waals surface area contributed by atoms with Crippen LogP contribution in [0, 0.1) is 0 Å². The predicted molar refractivity (Wildman–Crippen MR) is 103 cm³/mol. The predicted octanol–water partition coefficient (Wildman–Crippen LogP) is 3.95. The van der Waals surface area contributed by atoms with Gasteiger partial charge in [0.15, 0.2) is 15.6 Å². The Hall–Kier alpha value is -2.08. The van der Waals surface area contributed by atoms with E-state index in [9.17, 15) is 18.3 Å². The van der Waals surface area contributed by atoms with Crippen molar-refractivity contribution < 1.29 is 18.3 Å². The molecule has 1 aromatic heterocycles. The average molecular weight is 378 g/mol. The van der Waals surface area contributed by atoms with Crippen molar-refractivity contribution in [2.45, 2.75) is 57.4 Å². The maximum absolute atomic E-state index is 13.0. The van der Waals surface area contributed by atoms with E-state index in [1.165, 1.54) is 12.3 Å². The van der Waals surface area contributed by atoms with Gasteiger partial charge in [-0.25, -0.2) is 8.42 Å². The highest BCUT2D eigenvalue weighted by Gasteiger charge is 2.28. The summed E-state index contributed by atoms with van der Waals surface area (Å²) < 4.78 is 23.3. The standard InChI is InChI=1S/C20H27NO4S/c1-19(2,3)14-8-12(9-15(18(14)23)20(4,5)6)17(22)13-10-16(21-11-13)26(7,24)25/h8-11,21,23H,1-7H3. The van der Waals surface area contributed by atoms with Gasteiger partial charge in [-0.15, -0.1) is 0 Å². The van der Waals surface area contributed by atoms with Crippen LogP contribution in [0.2, 0.25) is 0 Å². The Labute approximate surface area is 155 Å². The quantitative estimate of drug-likeness (QED) is 0.793. The molecule has 0 amide bonds. The third-order valence-electron chi connectivity index (χ3n) is 4.31. The van der Waals surface area contributed by atoms with Crippen LogP contribution in [0.3, 0.4) is 0 Å². The number of phenolic OH excluding ortho intramolecular Hbond substituents is 1. The van der Waals surface area contributed by atoms with E-state index in [0.717, 1.165) is 6.26 Å². The summed E-state index contributed by atoms with van der Waals surface area (Å²) in [6.07, 6.45) is 2.49. The maximum atomic E-state index is 13.0. The van der Waals surface area contributed by atoms with Gasteiger partial charge < -0.3 is 10.1 Å². The van der Waals surface area contributed by atoms with Gasteiger partial charge in [0.2, 0.25) is 0 Å². The van der Waals surface area contributed by atoms with E-state index in [-0.39, 0.29) is 33.0 Å². The number of aromatic amines is 1. The fourth-order valence-electron chi connectivity index (χ4n) is 2.79. The number of hydrogen-bond donors (Lipinski definition) is 2. The topological polar surface area (TPSA) is 87.2 Å². The van der Waals surface area contributed by atoms with Crippen LogP contribution in [0.1, 0.15) is 68.6 Å². The summed E-state index contributed by atoms with van der Waals surface area (Å²) in [6.45, 7) is 11.8. The molecule has 142 valence electrons. The summed E-state index contributed by atoms with van der Waals surface area (Å²) in [6, 6.07) is 4.73. The summed E-state index contributed by atoms with van der Waals surface area (Å²) in [7, 11) is -3.42. The second-order valence-electron chi connectivity index (χ2n) is 8.77. The lowest BCUT2D eigenvalue weighted by Gasteiger charge is -2.28. The summed E-state index contributed by atoms with van der Waals surface area (Å²) in [5.41, 5.74) is 1.37. The second-order valence-corrected chi connectivity index (χ2v) is 10.8. The number of hydrogen-bond acceptors (Lipinski definition) is 4. The molecule has 2 aromatic rings. The molecule has 26 heavy (non-hydrogen) atoms. The van der Waals surface area contributed by atoms with Crippen LogP contribution in [0.15, 0.2) is 29.4 Å². The Morgan fingerprint density at radius 3 is 1.73 bits per heavy atom.